The van der Waals surface area contributed by atoms with Crippen LogP contribution in [0.3, 0.4) is 0 Å². The smallest absolute Gasteiger partial charge is 0.222 e. The molecule has 2 heterocycles. The van der Waals surface area contributed by atoms with Gasteiger partial charge in [0.1, 0.15) is 17.3 Å². The van der Waals surface area contributed by atoms with E-state index in [1.165, 1.54) is 0 Å². The summed E-state index contributed by atoms with van der Waals surface area (Å²) in [6.45, 7) is 4.41. The predicted octanol–water partition coefficient (Wildman–Crippen LogP) is 2.43. The van der Waals surface area contributed by atoms with E-state index in [1.807, 2.05) is 38.1 Å². The van der Waals surface area contributed by atoms with Crippen LogP contribution in [-0.2, 0) is 6.54 Å². The highest BCUT2D eigenvalue weighted by Crippen LogP contribution is 2.25. The van der Waals surface area contributed by atoms with Gasteiger partial charge < -0.3 is 15.6 Å². The highest BCUT2D eigenvalue weighted by atomic mass is 16.5. The molecule has 0 saturated carbocycles. The number of benzene rings is 1. The maximum atomic E-state index is 5.75. The number of nitrogens with two attached hydrogens (primary N) is 1. The summed E-state index contributed by atoms with van der Waals surface area (Å²) in [4.78, 5) is 8.53. The number of hydrogen-bond donors (Lipinski definition) is 2. The van der Waals surface area contributed by atoms with Crippen molar-refractivity contribution >= 4 is 22.7 Å². The summed E-state index contributed by atoms with van der Waals surface area (Å²) in [5.74, 6) is 1.75. The van der Waals surface area contributed by atoms with Crippen LogP contribution in [0.1, 0.15) is 17.0 Å². The Morgan fingerprint density at radius 3 is 2.85 bits per heavy atom. The van der Waals surface area contributed by atoms with Crippen molar-refractivity contribution in [1.82, 2.24) is 15.1 Å². The third kappa shape index (κ3) is 2.27. The molecule has 6 heteroatoms. The van der Waals surface area contributed by atoms with E-state index in [9.17, 15) is 0 Å². The molecule has 0 fully saturated rings. The van der Waals surface area contributed by atoms with E-state index in [-0.39, 0.29) is 5.95 Å². The maximum Gasteiger partial charge on any atom is 0.222 e. The van der Waals surface area contributed by atoms with Crippen molar-refractivity contribution in [3.05, 3.63) is 41.3 Å². The maximum absolute atomic E-state index is 5.75. The van der Waals surface area contributed by atoms with E-state index in [0.717, 1.165) is 27.9 Å². The van der Waals surface area contributed by atoms with Crippen LogP contribution in [0.25, 0.3) is 10.9 Å². The Bertz CT molecular complexity index is 765. The van der Waals surface area contributed by atoms with E-state index >= 15 is 0 Å². The average Bonchev–Trinajstić information content (AvgIpc) is 2.81. The Morgan fingerprint density at radius 2 is 2.10 bits per heavy atom. The minimum Gasteiger partial charge on any atom is -0.368 e. The van der Waals surface area contributed by atoms with Crippen LogP contribution in [0, 0.1) is 13.8 Å². The fraction of sp³-hybridized carbons (Fsp3) is 0.214. The summed E-state index contributed by atoms with van der Waals surface area (Å²) >= 11 is 0. The first-order chi connectivity index (χ1) is 9.63. The van der Waals surface area contributed by atoms with E-state index in [1.54, 1.807) is 0 Å². The number of nitrogens with one attached hydrogen (secondary N) is 1. The molecule has 0 unspecified atom stereocenters. The molecule has 6 nitrogen and oxygen atoms in total. The number of aryl methyl sites for hydroxylation is 2. The summed E-state index contributed by atoms with van der Waals surface area (Å²) < 4.78 is 5.04. The van der Waals surface area contributed by atoms with E-state index in [2.05, 4.69) is 20.4 Å². The Balaban J connectivity index is 1.98. The summed E-state index contributed by atoms with van der Waals surface area (Å²) in [7, 11) is 0. The minimum atomic E-state index is 0.252. The van der Waals surface area contributed by atoms with Gasteiger partial charge in [-0.25, -0.2) is 4.98 Å². The van der Waals surface area contributed by atoms with Gasteiger partial charge in [-0.2, -0.15) is 4.98 Å². The van der Waals surface area contributed by atoms with Crippen LogP contribution in [0.2, 0.25) is 0 Å². The number of nitrogens with zero attached hydrogens (tertiary/aromatic N) is 3. The van der Waals surface area contributed by atoms with E-state index < -0.39 is 0 Å². The molecule has 20 heavy (non-hydrogen) atoms. The van der Waals surface area contributed by atoms with Crippen molar-refractivity contribution < 1.29 is 4.52 Å². The monoisotopic (exact) mass is 269 g/mol. The van der Waals surface area contributed by atoms with Crippen LogP contribution < -0.4 is 11.1 Å². The normalized spacial score (nSPS) is 10.9. The lowest BCUT2D eigenvalue weighted by Crippen LogP contribution is -2.06. The van der Waals surface area contributed by atoms with Gasteiger partial charge in [0.2, 0.25) is 5.95 Å². The molecular weight excluding hydrogens is 254 g/mol. The van der Waals surface area contributed by atoms with E-state index in [0.29, 0.717) is 12.4 Å². The Hall–Kier alpha value is -2.63. The lowest BCUT2D eigenvalue weighted by atomic mass is 10.1. The predicted molar refractivity (Wildman–Crippen MR) is 77.3 cm³/mol. The van der Waals surface area contributed by atoms with Crippen molar-refractivity contribution in [3.8, 4) is 0 Å². The summed E-state index contributed by atoms with van der Waals surface area (Å²) in [6, 6.07) is 7.78. The van der Waals surface area contributed by atoms with Gasteiger partial charge in [0.15, 0.2) is 0 Å². The molecule has 2 aromatic heterocycles. The van der Waals surface area contributed by atoms with Crippen LogP contribution in [0.15, 0.2) is 28.8 Å². The molecule has 0 aliphatic heterocycles. The standard InChI is InChI=1S/C14H15N5O/c1-8-4-3-5-11-12(8)13(18-14(15)17-11)16-7-10-6-9(2)20-19-10/h3-6H,7H2,1-2H3,(H3,15,16,17,18). The van der Waals surface area contributed by atoms with Gasteiger partial charge in [-0.3, -0.25) is 0 Å². The third-order valence-corrected chi connectivity index (χ3v) is 3.06. The summed E-state index contributed by atoms with van der Waals surface area (Å²) in [6.07, 6.45) is 0. The van der Waals surface area contributed by atoms with Gasteiger partial charge >= 0.3 is 0 Å². The molecule has 3 rings (SSSR count). The quantitative estimate of drug-likeness (QED) is 0.759. The molecule has 3 N–H and O–H groups in total. The average molecular weight is 269 g/mol. The number of aromatic nitrogens is 3. The van der Waals surface area contributed by atoms with Crippen LogP contribution in [0.4, 0.5) is 11.8 Å². The van der Waals surface area contributed by atoms with Crippen molar-refractivity contribution in [3.63, 3.8) is 0 Å². The first kappa shape index (κ1) is 12.4. The zero-order chi connectivity index (χ0) is 14.1. The first-order valence-electron chi connectivity index (χ1n) is 6.32. The second-order valence-electron chi connectivity index (χ2n) is 4.68. The first-order valence-corrected chi connectivity index (χ1v) is 6.32. The van der Waals surface area contributed by atoms with Crippen molar-refractivity contribution in [2.45, 2.75) is 20.4 Å². The van der Waals surface area contributed by atoms with Crippen LogP contribution in [-0.4, -0.2) is 15.1 Å². The molecule has 0 radical (unpaired) electrons. The minimum absolute atomic E-state index is 0.252. The number of nitrogen functional groups attached to an aromatic ring is 1. The molecule has 102 valence electrons. The van der Waals surface area contributed by atoms with Gasteiger partial charge in [-0.1, -0.05) is 17.3 Å². The topological polar surface area (TPSA) is 89.9 Å². The number of anilines is 2. The molecule has 0 atom stereocenters. The van der Waals surface area contributed by atoms with Gasteiger partial charge in [0.25, 0.3) is 0 Å². The van der Waals surface area contributed by atoms with Crippen molar-refractivity contribution in [1.29, 1.82) is 0 Å². The molecule has 0 spiro atoms. The largest absolute Gasteiger partial charge is 0.368 e. The second kappa shape index (κ2) is 4.80. The van der Waals surface area contributed by atoms with Crippen LogP contribution in [0.5, 0.6) is 0 Å². The van der Waals surface area contributed by atoms with Gasteiger partial charge in [-0.05, 0) is 25.5 Å². The summed E-state index contributed by atoms with van der Waals surface area (Å²) in [5.41, 5.74) is 8.50. The third-order valence-electron chi connectivity index (χ3n) is 3.06. The number of fused-ring (bicyclic) bond motifs is 1. The molecule has 0 aliphatic rings. The van der Waals surface area contributed by atoms with Crippen molar-refractivity contribution in [2.24, 2.45) is 0 Å². The molecule has 0 amide bonds. The Labute approximate surface area is 116 Å². The fourth-order valence-electron chi connectivity index (χ4n) is 2.18. The molecule has 0 aliphatic carbocycles. The van der Waals surface area contributed by atoms with Crippen LogP contribution >= 0.6 is 0 Å². The number of hydrogen-bond acceptors (Lipinski definition) is 6. The van der Waals surface area contributed by atoms with Crippen molar-refractivity contribution in [2.75, 3.05) is 11.1 Å². The highest BCUT2D eigenvalue weighted by Gasteiger charge is 2.09. The zero-order valence-electron chi connectivity index (χ0n) is 11.3. The SMILES string of the molecule is Cc1cc(CNc2nc(N)nc3cccc(C)c23)no1. The molecule has 0 bridgehead atoms. The second-order valence-corrected chi connectivity index (χ2v) is 4.68. The number of rotatable bonds is 3. The van der Waals surface area contributed by atoms with E-state index in [4.69, 9.17) is 10.3 Å². The summed E-state index contributed by atoms with van der Waals surface area (Å²) in [5, 5.41) is 8.16. The van der Waals surface area contributed by atoms with Gasteiger partial charge in [-0.15, -0.1) is 0 Å². The lowest BCUT2D eigenvalue weighted by molar-refractivity contribution is 0.391. The van der Waals surface area contributed by atoms with Gasteiger partial charge in [0, 0.05) is 11.5 Å². The Kier molecular flexibility index (Phi) is 2.98. The lowest BCUT2D eigenvalue weighted by Gasteiger charge is -2.10. The fourth-order valence-corrected chi connectivity index (χ4v) is 2.18. The molecule has 0 saturated heterocycles. The molecular formula is C14H15N5O. The molecule has 3 aromatic rings. The highest BCUT2D eigenvalue weighted by molar-refractivity contribution is 5.92. The van der Waals surface area contributed by atoms with Gasteiger partial charge in [0.05, 0.1) is 12.1 Å². The molecule has 1 aromatic carbocycles. The Morgan fingerprint density at radius 1 is 1.25 bits per heavy atom. The zero-order valence-corrected chi connectivity index (χ0v) is 11.3.